The van der Waals surface area contributed by atoms with Crippen LogP contribution in [0, 0.1) is 23.0 Å². The Hall–Kier alpha value is -1.49. The molecule has 1 atom stereocenters. The van der Waals surface area contributed by atoms with Gasteiger partial charge in [-0.15, -0.1) is 0 Å². The quantitative estimate of drug-likeness (QED) is 0.874. The number of aliphatic hydroxyl groups excluding tert-OH is 1. The Kier molecular flexibility index (Phi) is 5.22. The monoisotopic (exact) mass is 285 g/mol. The van der Waals surface area contributed by atoms with E-state index in [1.165, 1.54) is 6.07 Å². The summed E-state index contributed by atoms with van der Waals surface area (Å²) in [5.41, 5.74) is -1.19. The van der Waals surface area contributed by atoms with Gasteiger partial charge in [-0.1, -0.05) is 33.8 Å². The summed E-state index contributed by atoms with van der Waals surface area (Å²) in [6.45, 7) is 7.43. The fourth-order valence-corrected chi connectivity index (χ4v) is 2.12. The Morgan fingerprint density at radius 3 is 2.25 bits per heavy atom. The first-order valence-corrected chi connectivity index (χ1v) is 6.57. The van der Waals surface area contributed by atoms with Crippen LogP contribution in [0.3, 0.4) is 0 Å². The van der Waals surface area contributed by atoms with Gasteiger partial charge in [0.2, 0.25) is 0 Å². The molecule has 112 valence electrons. The predicted octanol–water partition coefficient (Wildman–Crippen LogP) is 2.74. The molecule has 0 aliphatic carbocycles. The SMILES string of the molecule is CC(C)C(O)C(C)(C)CNC(=O)c1c(F)cccc1F. The lowest BCUT2D eigenvalue weighted by Gasteiger charge is -2.33. The first-order valence-electron chi connectivity index (χ1n) is 6.57. The molecule has 2 N–H and O–H groups in total. The molecule has 1 aromatic rings. The van der Waals surface area contributed by atoms with E-state index in [2.05, 4.69) is 5.32 Å². The molecule has 0 heterocycles. The Labute approximate surface area is 118 Å². The number of nitrogens with one attached hydrogen (secondary N) is 1. The fraction of sp³-hybridized carbons (Fsp3) is 0.533. The third kappa shape index (κ3) is 3.76. The molecular formula is C15H21F2NO2. The van der Waals surface area contributed by atoms with E-state index < -0.39 is 34.6 Å². The lowest BCUT2D eigenvalue weighted by molar-refractivity contribution is 0.0137. The summed E-state index contributed by atoms with van der Waals surface area (Å²) >= 11 is 0. The summed E-state index contributed by atoms with van der Waals surface area (Å²) in [4.78, 5) is 11.9. The van der Waals surface area contributed by atoms with Gasteiger partial charge < -0.3 is 10.4 Å². The average Bonchev–Trinajstić information content (AvgIpc) is 2.35. The summed E-state index contributed by atoms with van der Waals surface area (Å²) in [6.07, 6.45) is -0.631. The largest absolute Gasteiger partial charge is 0.392 e. The molecule has 0 saturated heterocycles. The van der Waals surface area contributed by atoms with Crippen LogP contribution in [-0.2, 0) is 0 Å². The van der Waals surface area contributed by atoms with Crippen LogP contribution in [0.5, 0.6) is 0 Å². The zero-order valence-electron chi connectivity index (χ0n) is 12.2. The predicted molar refractivity (Wildman–Crippen MR) is 73.3 cm³/mol. The number of carbonyl (C=O) groups is 1. The van der Waals surface area contributed by atoms with E-state index in [0.717, 1.165) is 12.1 Å². The maximum absolute atomic E-state index is 13.5. The average molecular weight is 285 g/mol. The molecular weight excluding hydrogens is 264 g/mol. The molecule has 0 bridgehead atoms. The standard InChI is InChI=1S/C15H21F2NO2/c1-9(2)13(19)15(3,4)8-18-14(20)12-10(16)6-5-7-11(12)17/h5-7,9,13,19H,8H2,1-4H3,(H,18,20). The van der Waals surface area contributed by atoms with E-state index in [1.54, 1.807) is 13.8 Å². The number of halogens is 2. The molecule has 5 heteroatoms. The number of hydrogen-bond donors (Lipinski definition) is 2. The van der Waals surface area contributed by atoms with Crippen molar-refractivity contribution in [3.05, 3.63) is 35.4 Å². The van der Waals surface area contributed by atoms with Gasteiger partial charge in [0, 0.05) is 12.0 Å². The third-order valence-electron chi connectivity index (χ3n) is 3.33. The normalized spacial score (nSPS) is 13.4. The Morgan fingerprint density at radius 2 is 1.80 bits per heavy atom. The number of aliphatic hydroxyl groups is 1. The number of benzene rings is 1. The minimum absolute atomic E-state index is 0.0205. The number of hydrogen-bond acceptors (Lipinski definition) is 2. The molecule has 1 aromatic carbocycles. The highest BCUT2D eigenvalue weighted by atomic mass is 19.1. The van der Waals surface area contributed by atoms with Crippen molar-refractivity contribution in [3.8, 4) is 0 Å². The van der Waals surface area contributed by atoms with Crippen LogP contribution in [0.25, 0.3) is 0 Å². The molecule has 20 heavy (non-hydrogen) atoms. The summed E-state index contributed by atoms with van der Waals surface area (Å²) in [7, 11) is 0. The van der Waals surface area contributed by atoms with Crippen LogP contribution in [0.4, 0.5) is 8.78 Å². The molecule has 1 rings (SSSR count). The van der Waals surface area contributed by atoms with Crippen molar-refractivity contribution in [2.75, 3.05) is 6.54 Å². The molecule has 0 saturated carbocycles. The lowest BCUT2D eigenvalue weighted by atomic mass is 9.80. The molecule has 1 unspecified atom stereocenters. The van der Waals surface area contributed by atoms with Gasteiger partial charge in [-0.25, -0.2) is 8.78 Å². The van der Waals surface area contributed by atoms with Crippen molar-refractivity contribution >= 4 is 5.91 Å². The maximum Gasteiger partial charge on any atom is 0.257 e. The molecule has 0 spiro atoms. The van der Waals surface area contributed by atoms with E-state index in [0.29, 0.717) is 0 Å². The first-order chi connectivity index (χ1) is 9.16. The van der Waals surface area contributed by atoms with Gasteiger partial charge in [0.15, 0.2) is 0 Å². The van der Waals surface area contributed by atoms with Crippen LogP contribution in [0.15, 0.2) is 18.2 Å². The highest BCUT2D eigenvalue weighted by Crippen LogP contribution is 2.25. The highest BCUT2D eigenvalue weighted by Gasteiger charge is 2.31. The molecule has 1 amide bonds. The molecule has 0 radical (unpaired) electrons. The van der Waals surface area contributed by atoms with Crippen LogP contribution >= 0.6 is 0 Å². The van der Waals surface area contributed by atoms with Gasteiger partial charge in [0.25, 0.3) is 5.91 Å². The molecule has 3 nitrogen and oxygen atoms in total. The van der Waals surface area contributed by atoms with Crippen molar-refractivity contribution in [2.45, 2.75) is 33.8 Å². The lowest BCUT2D eigenvalue weighted by Crippen LogP contribution is -2.43. The fourth-order valence-electron chi connectivity index (χ4n) is 2.12. The Morgan fingerprint density at radius 1 is 1.30 bits per heavy atom. The highest BCUT2D eigenvalue weighted by molar-refractivity contribution is 5.94. The van der Waals surface area contributed by atoms with Crippen molar-refractivity contribution in [1.29, 1.82) is 0 Å². The zero-order chi connectivity index (χ0) is 15.5. The van der Waals surface area contributed by atoms with Crippen molar-refractivity contribution < 1.29 is 18.7 Å². The van der Waals surface area contributed by atoms with E-state index in [4.69, 9.17) is 0 Å². The first kappa shape index (κ1) is 16.6. The van der Waals surface area contributed by atoms with Crippen molar-refractivity contribution in [1.82, 2.24) is 5.32 Å². The minimum Gasteiger partial charge on any atom is -0.392 e. The Balaban J connectivity index is 2.78. The molecule has 0 fully saturated rings. The van der Waals surface area contributed by atoms with E-state index in [-0.39, 0.29) is 12.5 Å². The summed E-state index contributed by atoms with van der Waals surface area (Å²) in [5, 5.41) is 12.5. The molecule has 0 aliphatic rings. The number of rotatable bonds is 5. The van der Waals surface area contributed by atoms with Crippen LogP contribution in [0.1, 0.15) is 38.1 Å². The van der Waals surface area contributed by atoms with Gasteiger partial charge in [-0.2, -0.15) is 0 Å². The summed E-state index contributed by atoms with van der Waals surface area (Å²) in [5.74, 6) is -2.59. The van der Waals surface area contributed by atoms with Gasteiger partial charge in [0.1, 0.15) is 17.2 Å². The number of carbonyl (C=O) groups excluding carboxylic acids is 1. The van der Waals surface area contributed by atoms with Gasteiger partial charge in [-0.05, 0) is 18.1 Å². The second kappa shape index (κ2) is 6.31. The van der Waals surface area contributed by atoms with Gasteiger partial charge in [-0.3, -0.25) is 4.79 Å². The van der Waals surface area contributed by atoms with Crippen molar-refractivity contribution in [3.63, 3.8) is 0 Å². The summed E-state index contributed by atoms with van der Waals surface area (Å²) < 4.78 is 26.9. The van der Waals surface area contributed by atoms with Gasteiger partial charge in [0.05, 0.1) is 6.10 Å². The zero-order valence-corrected chi connectivity index (χ0v) is 12.2. The maximum atomic E-state index is 13.5. The van der Waals surface area contributed by atoms with Crippen LogP contribution < -0.4 is 5.32 Å². The second-order valence-corrected chi connectivity index (χ2v) is 5.96. The second-order valence-electron chi connectivity index (χ2n) is 5.96. The van der Waals surface area contributed by atoms with Crippen LogP contribution in [0.2, 0.25) is 0 Å². The smallest absolute Gasteiger partial charge is 0.257 e. The van der Waals surface area contributed by atoms with E-state index in [1.807, 2.05) is 13.8 Å². The summed E-state index contributed by atoms with van der Waals surface area (Å²) in [6, 6.07) is 3.27. The van der Waals surface area contributed by atoms with Crippen LogP contribution in [-0.4, -0.2) is 23.7 Å². The third-order valence-corrected chi connectivity index (χ3v) is 3.33. The number of amides is 1. The molecule has 0 aliphatic heterocycles. The Bertz CT molecular complexity index is 467. The molecule has 0 aromatic heterocycles. The van der Waals surface area contributed by atoms with Crippen molar-refractivity contribution in [2.24, 2.45) is 11.3 Å². The van der Waals surface area contributed by atoms with E-state index in [9.17, 15) is 18.7 Å². The van der Waals surface area contributed by atoms with Gasteiger partial charge >= 0.3 is 0 Å². The minimum atomic E-state index is -0.898. The van der Waals surface area contributed by atoms with E-state index >= 15 is 0 Å². The topological polar surface area (TPSA) is 49.3 Å².